The van der Waals surface area contributed by atoms with Crippen LogP contribution in [0.5, 0.6) is 0 Å². The van der Waals surface area contributed by atoms with Crippen molar-refractivity contribution in [2.75, 3.05) is 53.5 Å². The van der Waals surface area contributed by atoms with Crippen molar-refractivity contribution in [3.05, 3.63) is 0 Å². The third kappa shape index (κ3) is 4.16. The molecule has 0 saturated carbocycles. The Balaban J connectivity index is 2.00. The van der Waals surface area contributed by atoms with Gasteiger partial charge in [0.25, 0.3) is 10.2 Å². The van der Waals surface area contributed by atoms with Gasteiger partial charge in [-0.3, -0.25) is 0 Å². The van der Waals surface area contributed by atoms with Gasteiger partial charge in [0, 0.05) is 26.7 Å². The molecule has 7 heteroatoms. The first-order valence-corrected chi connectivity index (χ1v) is 9.32. The fourth-order valence-corrected chi connectivity index (χ4v) is 4.50. The van der Waals surface area contributed by atoms with E-state index in [1.165, 1.54) is 30.2 Å². The second-order valence-corrected chi connectivity index (χ2v) is 8.41. The molecular formula is C14H29N3O3S. The molecule has 2 saturated heterocycles. The van der Waals surface area contributed by atoms with E-state index in [9.17, 15) is 8.42 Å². The summed E-state index contributed by atoms with van der Waals surface area (Å²) in [5.41, 5.74) is 0. The minimum absolute atomic E-state index is 0.0116. The average Bonchev–Trinajstić information content (AvgIpc) is 2.87. The Bertz CT molecular complexity index is 421. The molecule has 2 atom stereocenters. The van der Waals surface area contributed by atoms with Crippen molar-refractivity contribution >= 4 is 10.2 Å². The van der Waals surface area contributed by atoms with Crippen molar-refractivity contribution in [2.45, 2.75) is 32.2 Å². The molecule has 0 aromatic heterocycles. The fraction of sp³-hybridized carbons (Fsp3) is 1.00. The van der Waals surface area contributed by atoms with E-state index in [-0.39, 0.29) is 12.0 Å². The van der Waals surface area contributed by atoms with Gasteiger partial charge in [-0.25, -0.2) is 0 Å². The lowest BCUT2D eigenvalue weighted by Gasteiger charge is -2.33. The van der Waals surface area contributed by atoms with E-state index < -0.39 is 10.2 Å². The first kappa shape index (κ1) is 17.1. The normalized spacial score (nSPS) is 29.9. The number of hydrogen-bond acceptors (Lipinski definition) is 4. The smallest absolute Gasteiger partial charge is 0.281 e. The number of ether oxygens (including phenoxy) is 1. The Labute approximate surface area is 129 Å². The van der Waals surface area contributed by atoms with Crippen LogP contribution in [0.4, 0.5) is 0 Å². The van der Waals surface area contributed by atoms with Gasteiger partial charge in [0.1, 0.15) is 0 Å². The molecule has 2 fully saturated rings. The van der Waals surface area contributed by atoms with E-state index in [4.69, 9.17) is 4.74 Å². The maximum absolute atomic E-state index is 12.4. The predicted molar refractivity (Wildman–Crippen MR) is 83.4 cm³/mol. The van der Waals surface area contributed by atoms with Crippen LogP contribution in [-0.4, -0.2) is 81.5 Å². The Kier molecular flexibility index (Phi) is 6.02. The standard InChI is InChI=1S/C14H29N3O3S/c1-13-14(6-9-16-7-4-5-8-16)12-20-11-10-17(13)21(18,19)15(2)3/h13-14H,4-12H2,1-3H3/t13-,14+/m0/s1. The fourth-order valence-electron chi connectivity index (χ4n) is 3.18. The summed E-state index contributed by atoms with van der Waals surface area (Å²) in [5.74, 6) is 0.267. The van der Waals surface area contributed by atoms with Crippen molar-refractivity contribution in [1.82, 2.24) is 13.5 Å². The van der Waals surface area contributed by atoms with Gasteiger partial charge in [-0.2, -0.15) is 17.0 Å². The van der Waals surface area contributed by atoms with Crippen molar-refractivity contribution in [3.63, 3.8) is 0 Å². The van der Waals surface area contributed by atoms with E-state index in [0.29, 0.717) is 19.8 Å². The third-order valence-electron chi connectivity index (χ3n) is 4.70. The molecule has 0 spiro atoms. The van der Waals surface area contributed by atoms with E-state index >= 15 is 0 Å². The Morgan fingerprint density at radius 3 is 2.48 bits per heavy atom. The van der Waals surface area contributed by atoms with Gasteiger partial charge >= 0.3 is 0 Å². The topological polar surface area (TPSA) is 53.1 Å². The molecule has 2 rings (SSSR count). The molecule has 124 valence electrons. The summed E-state index contributed by atoms with van der Waals surface area (Å²) in [6, 6.07) is -0.0116. The van der Waals surface area contributed by atoms with Gasteiger partial charge in [0.05, 0.1) is 13.2 Å². The summed E-state index contributed by atoms with van der Waals surface area (Å²) >= 11 is 0. The van der Waals surface area contributed by atoms with Gasteiger partial charge in [0.2, 0.25) is 0 Å². The molecule has 2 aliphatic heterocycles. The molecular weight excluding hydrogens is 290 g/mol. The number of hydrogen-bond donors (Lipinski definition) is 0. The van der Waals surface area contributed by atoms with Crippen LogP contribution in [0.25, 0.3) is 0 Å². The number of nitrogens with zero attached hydrogens (tertiary/aromatic N) is 3. The van der Waals surface area contributed by atoms with E-state index in [1.54, 1.807) is 18.4 Å². The minimum atomic E-state index is -3.37. The van der Waals surface area contributed by atoms with E-state index in [1.807, 2.05) is 6.92 Å². The van der Waals surface area contributed by atoms with Crippen molar-refractivity contribution in [1.29, 1.82) is 0 Å². The summed E-state index contributed by atoms with van der Waals surface area (Å²) in [7, 11) is -0.189. The number of rotatable bonds is 5. The molecule has 2 aliphatic rings. The van der Waals surface area contributed by atoms with Gasteiger partial charge in [0.15, 0.2) is 0 Å². The van der Waals surface area contributed by atoms with Crippen LogP contribution in [-0.2, 0) is 14.9 Å². The first-order chi connectivity index (χ1) is 9.93. The van der Waals surface area contributed by atoms with E-state index in [2.05, 4.69) is 4.90 Å². The second kappa shape index (κ2) is 7.37. The monoisotopic (exact) mass is 319 g/mol. The molecule has 0 aliphatic carbocycles. The van der Waals surface area contributed by atoms with Crippen LogP contribution in [0.3, 0.4) is 0 Å². The summed E-state index contributed by atoms with van der Waals surface area (Å²) in [6.07, 6.45) is 3.58. The molecule has 0 aromatic rings. The van der Waals surface area contributed by atoms with Crippen molar-refractivity contribution < 1.29 is 13.2 Å². The zero-order valence-corrected chi connectivity index (χ0v) is 14.3. The second-order valence-electron chi connectivity index (χ2n) is 6.31. The molecule has 0 radical (unpaired) electrons. The zero-order valence-electron chi connectivity index (χ0n) is 13.5. The lowest BCUT2D eigenvalue weighted by Crippen LogP contribution is -2.48. The van der Waals surface area contributed by atoms with Crippen LogP contribution in [0.2, 0.25) is 0 Å². The summed E-state index contributed by atoms with van der Waals surface area (Å²) < 4.78 is 33.4. The van der Waals surface area contributed by atoms with E-state index in [0.717, 1.165) is 13.0 Å². The van der Waals surface area contributed by atoms with Gasteiger partial charge in [-0.1, -0.05) is 0 Å². The molecule has 0 aromatic carbocycles. The Morgan fingerprint density at radius 2 is 1.86 bits per heavy atom. The highest BCUT2D eigenvalue weighted by Crippen LogP contribution is 2.23. The molecule has 2 heterocycles. The van der Waals surface area contributed by atoms with Crippen LogP contribution in [0.15, 0.2) is 0 Å². The highest BCUT2D eigenvalue weighted by molar-refractivity contribution is 7.86. The lowest BCUT2D eigenvalue weighted by atomic mass is 9.98. The van der Waals surface area contributed by atoms with Crippen molar-refractivity contribution in [3.8, 4) is 0 Å². The SMILES string of the molecule is C[C@H]1[C@H](CCN2CCCC2)COCCN1S(=O)(=O)N(C)C. The third-order valence-corrected chi connectivity index (χ3v) is 6.73. The largest absolute Gasteiger partial charge is 0.380 e. The number of likely N-dealkylation sites (tertiary alicyclic amines) is 1. The maximum Gasteiger partial charge on any atom is 0.281 e. The summed E-state index contributed by atoms with van der Waals surface area (Å²) in [6.45, 7) is 7.02. The van der Waals surface area contributed by atoms with Crippen LogP contribution in [0, 0.1) is 5.92 Å². The molecule has 0 N–H and O–H groups in total. The average molecular weight is 319 g/mol. The van der Waals surface area contributed by atoms with Crippen LogP contribution in [0.1, 0.15) is 26.2 Å². The maximum atomic E-state index is 12.4. The Hall–Kier alpha value is -0.210. The molecule has 0 amide bonds. The van der Waals surface area contributed by atoms with Gasteiger partial charge < -0.3 is 9.64 Å². The summed E-state index contributed by atoms with van der Waals surface area (Å²) in [5, 5.41) is 0. The molecule has 21 heavy (non-hydrogen) atoms. The quantitative estimate of drug-likeness (QED) is 0.745. The highest BCUT2D eigenvalue weighted by atomic mass is 32.2. The minimum Gasteiger partial charge on any atom is -0.380 e. The molecule has 0 bridgehead atoms. The molecule has 6 nitrogen and oxygen atoms in total. The Morgan fingerprint density at radius 1 is 1.19 bits per heavy atom. The van der Waals surface area contributed by atoms with Crippen LogP contribution >= 0.6 is 0 Å². The summed E-state index contributed by atoms with van der Waals surface area (Å²) in [4.78, 5) is 2.47. The first-order valence-electron chi connectivity index (χ1n) is 7.92. The molecule has 0 unspecified atom stereocenters. The van der Waals surface area contributed by atoms with Crippen LogP contribution < -0.4 is 0 Å². The zero-order chi connectivity index (χ0) is 15.5. The predicted octanol–water partition coefficient (Wildman–Crippen LogP) is 0.616. The van der Waals surface area contributed by atoms with Gasteiger partial charge in [-0.05, 0) is 51.7 Å². The van der Waals surface area contributed by atoms with Gasteiger partial charge in [-0.15, -0.1) is 0 Å². The van der Waals surface area contributed by atoms with Crippen molar-refractivity contribution in [2.24, 2.45) is 5.92 Å². The lowest BCUT2D eigenvalue weighted by molar-refractivity contribution is 0.109. The highest BCUT2D eigenvalue weighted by Gasteiger charge is 2.35.